The van der Waals surface area contributed by atoms with Gasteiger partial charge in [0.25, 0.3) is 0 Å². The zero-order valence-electron chi connectivity index (χ0n) is 15.2. The van der Waals surface area contributed by atoms with Gasteiger partial charge in [-0.05, 0) is 33.3 Å². The number of amides is 1. The molecule has 0 unspecified atom stereocenters. The van der Waals surface area contributed by atoms with E-state index in [1.807, 2.05) is 0 Å². The van der Waals surface area contributed by atoms with Crippen molar-refractivity contribution in [2.24, 2.45) is 0 Å². The number of rotatable bonds is 7. The highest BCUT2D eigenvalue weighted by Crippen LogP contribution is 2.34. The molecule has 0 aliphatic rings. The van der Waals surface area contributed by atoms with E-state index in [1.54, 1.807) is 13.8 Å². The number of nitro groups is 1. The molecule has 0 radical (unpaired) electrons. The second-order valence-electron chi connectivity index (χ2n) is 5.62. The molecule has 0 spiro atoms. The molecule has 11 heteroatoms. The van der Waals surface area contributed by atoms with Gasteiger partial charge in [-0.3, -0.25) is 24.4 Å². The molecule has 0 bridgehead atoms. The molecule has 27 heavy (non-hydrogen) atoms. The van der Waals surface area contributed by atoms with Gasteiger partial charge in [-0.15, -0.1) is 11.3 Å². The molecule has 10 nitrogen and oxygen atoms in total. The van der Waals surface area contributed by atoms with Gasteiger partial charge in [0.15, 0.2) is 5.78 Å². The summed E-state index contributed by atoms with van der Waals surface area (Å²) in [6.07, 6.45) is 1.07. The van der Waals surface area contributed by atoms with Gasteiger partial charge in [0, 0.05) is 0 Å². The first-order valence-corrected chi connectivity index (χ1v) is 8.77. The maximum absolute atomic E-state index is 12.4. The van der Waals surface area contributed by atoms with Gasteiger partial charge in [-0.1, -0.05) is 0 Å². The van der Waals surface area contributed by atoms with Crippen LogP contribution in [0, 0.1) is 24.0 Å². The van der Waals surface area contributed by atoms with Crippen molar-refractivity contribution < 1.29 is 24.0 Å². The van der Waals surface area contributed by atoms with Crippen LogP contribution in [0.15, 0.2) is 6.20 Å². The van der Waals surface area contributed by atoms with E-state index in [-0.39, 0.29) is 40.9 Å². The number of nitrogens with zero attached hydrogens (tertiary/aromatic N) is 3. The van der Waals surface area contributed by atoms with Gasteiger partial charge in [-0.2, -0.15) is 5.10 Å². The van der Waals surface area contributed by atoms with Crippen molar-refractivity contribution in [2.75, 3.05) is 11.9 Å². The van der Waals surface area contributed by atoms with E-state index >= 15 is 0 Å². The Morgan fingerprint density at radius 1 is 1.37 bits per heavy atom. The van der Waals surface area contributed by atoms with Gasteiger partial charge in [-0.25, -0.2) is 4.79 Å². The Hall–Kier alpha value is -3.08. The Kier molecular flexibility index (Phi) is 6.05. The Morgan fingerprint density at radius 2 is 2.04 bits per heavy atom. The number of aromatic nitrogens is 2. The third-order valence-electron chi connectivity index (χ3n) is 3.77. The summed E-state index contributed by atoms with van der Waals surface area (Å²) >= 11 is 0.981. The normalized spacial score (nSPS) is 10.5. The summed E-state index contributed by atoms with van der Waals surface area (Å²) in [5.41, 5.74) is 0.601. The Bertz CT molecular complexity index is 930. The number of carbonyl (C=O) groups excluding carboxylic acids is 3. The molecule has 0 aliphatic carbocycles. The van der Waals surface area contributed by atoms with Crippen LogP contribution >= 0.6 is 11.3 Å². The topological polar surface area (TPSA) is 133 Å². The average Bonchev–Trinajstić information content (AvgIpc) is 3.08. The first kappa shape index (κ1) is 20.2. The van der Waals surface area contributed by atoms with Crippen molar-refractivity contribution >= 4 is 39.7 Å². The lowest BCUT2D eigenvalue weighted by Crippen LogP contribution is -2.21. The van der Waals surface area contributed by atoms with Crippen molar-refractivity contribution in [3.8, 4) is 0 Å². The van der Waals surface area contributed by atoms with Crippen molar-refractivity contribution in [3.05, 3.63) is 38.0 Å². The van der Waals surface area contributed by atoms with Crippen LogP contribution in [-0.4, -0.2) is 39.0 Å². The molecule has 2 rings (SSSR count). The molecular weight excluding hydrogens is 376 g/mol. The van der Waals surface area contributed by atoms with Crippen LogP contribution in [0.3, 0.4) is 0 Å². The lowest BCUT2D eigenvalue weighted by molar-refractivity contribution is -0.385. The van der Waals surface area contributed by atoms with E-state index in [0.29, 0.717) is 10.4 Å². The first-order valence-electron chi connectivity index (χ1n) is 7.95. The van der Waals surface area contributed by atoms with E-state index in [0.717, 1.165) is 17.5 Å². The number of carbonyl (C=O) groups is 3. The summed E-state index contributed by atoms with van der Waals surface area (Å²) in [7, 11) is 0. The van der Waals surface area contributed by atoms with E-state index < -0.39 is 16.8 Å². The Morgan fingerprint density at radius 3 is 2.56 bits per heavy atom. The molecule has 0 fully saturated rings. The third-order valence-corrected chi connectivity index (χ3v) is 5.07. The number of Topliss-reactive ketones (excluding diaryl/α,β-unsaturated/α-hetero) is 1. The minimum absolute atomic E-state index is 0.128. The van der Waals surface area contributed by atoms with Crippen molar-refractivity contribution in [1.29, 1.82) is 0 Å². The van der Waals surface area contributed by atoms with Gasteiger partial charge in [0.2, 0.25) is 5.91 Å². The SMILES string of the molecule is CCOC(=O)c1c(NC(=O)Cn2ncc([N+](=O)[O-])c2C)sc(C(C)=O)c1C. The van der Waals surface area contributed by atoms with Crippen LogP contribution in [0.5, 0.6) is 0 Å². The van der Waals surface area contributed by atoms with E-state index in [9.17, 15) is 24.5 Å². The summed E-state index contributed by atoms with van der Waals surface area (Å²) in [4.78, 5) is 47.0. The predicted molar refractivity (Wildman–Crippen MR) is 97.3 cm³/mol. The molecule has 0 aliphatic heterocycles. The highest BCUT2D eigenvalue weighted by molar-refractivity contribution is 7.18. The molecule has 1 N–H and O–H groups in total. The molecule has 0 saturated carbocycles. The number of nitrogens with one attached hydrogen (secondary N) is 1. The number of esters is 1. The summed E-state index contributed by atoms with van der Waals surface area (Å²) < 4.78 is 6.19. The summed E-state index contributed by atoms with van der Waals surface area (Å²) in [5, 5.41) is 17.5. The summed E-state index contributed by atoms with van der Waals surface area (Å²) in [6, 6.07) is 0. The van der Waals surface area contributed by atoms with Crippen molar-refractivity contribution in [1.82, 2.24) is 9.78 Å². The number of thiophene rings is 1. The maximum Gasteiger partial charge on any atom is 0.341 e. The standard InChI is InChI=1S/C16H18N4O6S/c1-5-26-16(23)13-8(2)14(10(4)21)27-15(13)18-12(22)7-19-9(3)11(6-17-19)20(24)25/h6H,5,7H2,1-4H3,(H,18,22). The summed E-state index contributed by atoms with van der Waals surface area (Å²) in [5.74, 6) is -1.42. The third kappa shape index (κ3) is 4.19. The molecule has 2 aromatic rings. The van der Waals surface area contributed by atoms with Crippen LogP contribution < -0.4 is 5.32 Å². The fraction of sp³-hybridized carbons (Fsp3) is 0.375. The molecule has 0 aromatic carbocycles. The van der Waals surface area contributed by atoms with Gasteiger partial charge in [0.1, 0.15) is 23.4 Å². The summed E-state index contributed by atoms with van der Waals surface area (Å²) in [6.45, 7) is 5.96. The lowest BCUT2D eigenvalue weighted by Gasteiger charge is -2.08. The van der Waals surface area contributed by atoms with E-state index in [4.69, 9.17) is 4.74 Å². The molecule has 0 atom stereocenters. The molecule has 2 aromatic heterocycles. The zero-order chi connectivity index (χ0) is 20.3. The molecule has 144 valence electrons. The van der Waals surface area contributed by atoms with Crippen molar-refractivity contribution in [3.63, 3.8) is 0 Å². The van der Waals surface area contributed by atoms with Gasteiger partial charge in [0.05, 0.1) is 22.0 Å². The number of hydrogen-bond donors (Lipinski definition) is 1. The molecule has 0 saturated heterocycles. The number of anilines is 1. The fourth-order valence-electron chi connectivity index (χ4n) is 2.46. The first-order chi connectivity index (χ1) is 12.7. The smallest absolute Gasteiger partial charge is 0.341 e. The number of hydrogen-bond acceptors (Lipinski definition) is 8. The largest absolute Gasteiger partial charge is 0.462 e. The average molecular weight is 394 g/mol. The fourth-order valence-corrected chi connectivity index (χ4v) is 3.57. The minimum Gasteiger partial charge on any atom is -0.462 e. The highest BCUT2D eigenvalue weighted by Gasteiger charge is 2.26. The van der Waals surface area contributed by atoms with Crippen LogP contribution in [-0.2, 0) is 16.1 Å². The molecule has 2 heterocycles. The lowest BCUT2D eigenvalue weighted by atomic mass is 10.1. The van der Waals surface area contributed by atoms with Crippen LogP contribution in [0.4, 0.5) is 10.7 Å². The van der Waals surface area contributed by atoms with Crippen molar-refractivity contribution in [2.45, 2.75) is 34.2 Å². The van der Waals surface area contributed by atoms with Gasteiger partial charge >= 0.3 is 11.7 Å². The van der Waals surface area contributed by atoms with Crippen LogP contribution in [0.25, 0.3) is 0 Å². The number of ether oxygens (including phenoxy) is 1. The zero-order valence-corrected chi connectivity index (χ0v) is 16.0. The van der Waals surface area contributed by atoms with E-state index in [2.05, 4.69) is 10.4 Å². The van der Waals surface area contributed by atoms with Crippen LogP contribution in [0.1, 0.15) is 45.1 Å². The quantitative estimate of drug-likeness (QED) is 0.330. The monoisotopic (exact) mass is 394 g/mol. The Labute approximate surface area is 158 Å². The second-order valence-corrected chi connectivity index (χ2v) is 6.64. The predicted octanol–water partition coefficient (Wildman–Crippen LogP) is 2.49. The highest BCUT2D eigenvalue weighted by atomic mass is 32.1. The molecular formula is C16H18N4O6S. The van der Waals surface area contributed by atoms with Gasteiger partial charge < -0.3 is 10.1 Å². The maximum atomic E-state index is 12.4. The number of ketones is 1. The molecule has 1 amide bonds. The minimum atomic E-state index is -0.639. The second kappa shape index (κ2) is 8.08. The Balaban J connectivity index is 2.29. The van der Waals surface area contributed by atoms with Crippen LogP contribution in [0.2, 0.25) is 0 Å². The van der Waals surface area contributed by atoms with E-state index in [1.165, 1.54) is 18.5 Å².